The average molecular weight is 405 g/mol. The Balaban J connectivity index is 1.64. The highest BCUT2D eigenvalue weighted by Crippen LogP contribution is 2.26. The van der Waals surface area contributed by atoms with Crippen molar-refractivity contribution in [2.24, 2.45) is 0 Å². The number of hydrogen-bond acceptors (Lipinski definition) is 4. The van der Waals surface area contributed by atoms with Crippen molar-refractivity contribution >= 4 is 15.9 Å². The van der Waals surface area contributed by atoms with Crippen LogP contribution in [0.5, 0.6) is 0 Å². The number of sulfonamides is 1. The third kappa shape index (κ3) is 4.80. The highest BCUT2D eigenvalue weighted by atomic mass is 32.2. The largest absolute Gasteiger partial charge is 0.348 e. The minimum Gasteiger partial charge on any atom is -0.348 e. The molecule has 1 aromatic carbocycles. The van der Waals surface area contributed by atoms with Gasteiger partial charge in [-0.3, -0.25) is 4.79 Å². The molecule has 0 aliphatic heterocycles. The Labute approximate surface area is 166 Å². The van der Waals surface area contributed by atoms with Gasteiger partial charge in [0.25, 0.3) is 5.91 Å². The molecule has 0 spiro atoms. The molecule has 0 bridgehead atoms. The van der Waals surface area contributed by atoms with Crippen molar-refractivity contribution in [3.63, 3.8) is 0 Å². The van der Waals surface area contributed by atoms with E-state index in [1.165, 1.54) is 22.9 Å². The molecule has 0 radical (unpaired) electrons. The summed E-state index contributed by atoms with van der Waals surface area (Å²) < 4.78 is 29.2. The summed E-state index contributed by atoms with van der Waals surface area (Å²) >= 11 is 0. The first kappa shape index (κ1) is 20.5. The van der Waals surface area contributed by atoms with E-state index in [-0.39, 0.29) is 22.9 Å². The standard InChI is InChI=1S/C20H28N4O3S/c1-16(14-24-13-12-21-15-24)22-20(25)17-8-10-19(11-9-17)28(26,27)23(2)18-6-4-3-5-7-18/h8-13,15-16,18H,3-7,14H2,1-2H3,(H,22,25)/t16-/m1/s1. The molecular formula is C20H28N4O3S. The monoisotopic (exact) mass is 404 g/mol. The molecular weight excluding hydrogens is 376 g/mol. The van der Waals surface area contributed by atoms with Gasteiger partial charge in [0.05, 0.1) is 11.2 Å². The molecule has 2 aromatic rings. The molecule has 152 valence electrons. The van der Waals surface area contributed by atoms with Crippen molar-refractivity contribution in [2.45, 2.75) is 62.6 Å². The van der Waals surface area contributed by atoms with E-state index in [0.29, 0.717) is 12.1 Å². The second-order valence-electron chi connectivity index (χ2n) is 7.47. The van der Waals surface area contributed by atoms with Crippen LogP contribution in [0.2, 0.25) is 0 Å². The smallest absolute Gasteiger partial charge is 0.251 e. The zero-order chi connectivity index (χ0) is 20.1. The summed E-state index contributed by atoms with van der Waals surface area (Å²) in [6.07, 6.45) is 10.4. The van der Waals surface area contributed by atoms with E-state index in [1.807, 2.05) is 17.7 Å². The van der Waals surface area contributed by atoms with Crippen molar-refractivity contribution in [3.8, 4) is 0 Å². The SMILES string of the molecule is C[C@H](Cn1ccnc1)NC(=O)c1ccc(S(=O)(=O)N(C)C2CCCCC2)cc1. The molecule has 8 heteroatoms. The molecule has 1 amide bonds. The molecule has 1 aliphatic rings. The number of carbonyl (C=O) groups is 1. The van der Waals surface area contributed by atoms with Crippen LogP contribution >= 0.6 is 0 Å². The van der Waals surface area contributed by atoms with Crippen molar-refractivity contribution in [1.82, 2.24) is 19.2 Å². The molecule has 1 heterocycles. The lowest BCUT2D eigenvalue weighted by molar-refractivity contribution is 0.0936. The third-order valence-corrected chi connectivity index (χ3v) is 7.23. The van der Waals surface area contributed by atoms with Crippen LogP contribution in [0.3, 0.4) is 0 Å². The number of amides is 1. The van der Waals surface area contributed by atoms with Crippen LogP contribution in [-0.4, -0.2) is 47.3 Å². The summed E-state index contributed by atoms with van der Waals surface area (Å²) in [7, 11) is -1.89. The molecule has 1 N–H and O–H groups in total. The van der Waals surface area contributed by atoms with Gasteiger partial charge in [-0.25, -0.2) is 13.4 Å². The number of aromatic nitrogens is 2. The molecule has 7 nitrogen and oxygen atoms in total. The van der Waals surface area contributed by atoms with E-state index in [0.717, 1.165) is 25.7 Å². The summed E-state index contributed by atoms with van der Waals surface area (Å²) in [4.78, 5) is 16.6. The van der Waals surface area contributed by atoms with Crippen molar-refractivity contribution in [3.05, 3.63) is 48.5 Å². The van der Waals surface area contributed by atoms with E-state index in [9.17, 15) is 13.2 Å². The lowest BCUT2D eigenvalue weighted by Crippen LogP contribution is -2.38. The van der Waals surface area contributed by atoms with Crippen LogP contribution in [0, 0.1) is 0 Å². The minimum atomic E-state index is -3.55. The summed E-state index contributed by atoms with van der Waals surface area (Å²) in [5, 5.41) is 2.92. The molecule has 28 heavy (non-hydrogen) atoms. The Hall–Kier alpha value is -2.19. The summed E-state index contributed by atoms with van der Waals surface area (Å²) in [6.45, 7) is 2.53. The number of carbonyl (C=O) groups excluding carboxylic acids is 1. The molecule has 1 saturated carbocycles. The number of rotatable bonds is 7. The predicted octanol–water partition coefficient (Wildman–Crippen LogP) is 2.65. The second kappa shape index (κ2) is 8.87. The zero-order valence-electron chi connectivity index (χ0n) is 16.4. The van der Waals surface area contributed by atoms with E-state index >= 15 is 0 Å². The van der Waals surface area contributed by atoms with Gasteiger partial charge >= 0.3 is 0 Å². The van der Waals surface area contributed by atoms with Gasteiger partial charge in [-0.2, -0.15) is 4.31 Å². The topological polar surface area (TPSA) is 84.3 Å². The second-order valence-corrected chi connectivity index (χ2v) is 9.47. The molecule has 1 atom stereocenters. The number of nitrogens with one attached hydrogen (secondary N) is 1. The van der Waals surface area contributed by atoms with E-state index in [2.05, 4.69) is 10.3 Å². The van der Waals surface area contributed by atoms with Gasteiger partial charge in [0.15, 0.2) is 0 Å². The van der Waals surface area contributed by atoms with Gasteiger partial charge in [-0.15, -0.1) is 0 Å². The Morgan fingerprint density at radius 3 is 2.54 bits per heavy atom. The fourth-order valence-electron chi connectivity index (χ4n) is 3.65. The first-order valence-electron chi connectivity index (χ1n) is 9.72. The normalized spacial score (nSPS) is 16.8. The number of benzene rings is 1. The third-order valence-electron chi connectivity index (χ3n) is 5.30. The van der Waals surface area contributed by atoms with Crippen LogP contribution in [0.15, 0.2) is 47.9 Å². The number of hydrogen-bond donors (Lipinski definition) is 1. The van der Waals surface area contributed by atoms with E-state index in [4.69, 9.17) is 0 Å². The number of nitrogens with zero attached hydrogens (tertiary/aromatic N) is 3. The summed E-state index contributed by atoms with van der Waals surface area (Å²) in [5.74, 6) is -0.225. The fourth-order valence-corrected chi connectivity index (χ4v) is 5.07. The Morgan fingerprint density at radius 1 is 1.25 bits per heavy atom. The quantitative estimate of drug-likeness (QED) is 0.769. The minimum absolute atomic E-state index is 0.0609. The van der Waals surface area contributed by atoms with Gasteiger partial charge in [-0.1, -0.05) is 19.3 Å². The average Bonchev–Trinajstić information content (AvgIpc) is 3.21. The molecule has 1 aliphatic carbocycles. The molecule has 1 aromatic heterocycles. The van der Waals surface area contributed by atoms with Gasteiger partial charge < -0.3 is 9.88 Å². The van der Waals surface area contributed by atoms with Gasteiger partial charge in [0.2, 0.25) is 10.0 Å². The number of imidazole rings is 1. The molecule has 1 fully saturated rings. The molecule has 3 rings (SSSR count). The zero-order valence-corrected chi connectivity index (χ0v) is 17.2. The van der Waals surface area contributed by atoms with Gasteiger partial charge in [-0.05, 0) is 44.0 Å². The van der Waals surface area contributed by atoms with Gasteiger partial charge in [0, 0.05) is 43.6 Å². The van der Waals surface area contributed by atoms with Crippen LogP contribution in [0.4, 0.5) is 0 Å². The maximum atomic E-state index is 12.9. The maximum Gasteiger partial charge on any atom is 0.251 e. The van der Waals surface area contributed by atoms with Crippen LogP contribution in [-0.2, 0) is 16.6 Å². The maximum absolute atomic E-state index is 12.9. The molecule has 0 saturated heterocycles. The van der Waals surface area contributed by atoms with Crippen LogP contribution < -0.4 is 5.32 Å². The first-order valence-corrected chi connectivity index (χ1v) is 11.2. The predicted molar refractivity (Wildman–Crippen MR) is 107 cm³/mol. The lowest BCUT2D eigenvalue weighted by atomic mass is 9.96. The van der Waals surface area contributed by atoms with Gasteiger partial charge in [0.1, 0.15) is 0 Å². The van der Waals surface area contributed by atoms with E-state index < -0.39 is 10.0 Å². The van der Waals surface area contributed by atoms with Crippen molar-refractivity contribution in [1.29, 1.82) is 0 Å². The molecule has 0 unspecified atom stereocenters. The van der Waals surface area contributed by atoms with Crippen LogP contribution in [0.1, 0.15) is 49.4 Å². The van der Waals surface area contributed by atoms with E-state index in [1.54, 1.807) is 31.7 Å². The first-order chi connectivity index (χ1) is 13.4. The van der Waals surface area contributed by atoms with Crippen LogP contribution in [0.25, 0.3) is 0 Å². The van der Waals surface area contributed by atoms with Crippen molar-refractivity contribution < 1.29 is 13.2 Å². The Morgan fingerprint density at radius 2 is 1.93 bits per heavy atom. The fraction of sp³-hybridized carbons (Fsp3) is 0.500. The lowest BCUT2D eigenvalue weighted by Gasteiger charge is -2.30. The highest BCUT2D eigenvalue weighted by Gasteiger charge is 2.29. The summed E-state index contributed by atoms with van der Waals surface area (Å²) in [6, 6.07) is 6.16. The Bertz CT molecular complexity index is 873. The summed E-state index contributed by atoms with van der Waals surface area (Å²) in [5.41, 5.74) is 0.441. The Kier molecular flexibility index (Phi) is 6.51. The highest BCUT2D eigenvalue weighted by molar-refractivity contribution is 7.89. The van der Waals surface area contributed by atoms with Crippen molar-refractivity contribution in [2.75, 3.05) is 7.05 Å².